The zero-order valence-electron chi connectivity index (χ0n) is 10.0. The summed E-state index contributed by atoms with van der Waals surface area (Å²) in [4.78, 5) is 2.17. The van der Waals surface area contributed by atoms with E-state index >= 15 is 0 Å². The van der Waals surface area contributed by atoms with Gasteiger partial charge >= 0.3 is 0 Å². The highest BCUT2D eigenvalue weighted by Gasteiger charge is 2.20. The molecule has 0 atom stereocenters. The van der Waals surface area contributed by atoms with E-state index in [9.17, 15) is 0 Å². The molecule has 0 aromatic heterocycles. The standard InChI is InChI=1S/C13H17N3O/c1-16(11-4-6-17-7-5-11)13-8-10(9-14)2-3-12(13)15/h2-3,8,11H,4-7,15H2,1H3. The Morgan fingerprint density at radius 2 is 2.12 bits per heavy atom. The zero-order valence-corrected chi connectivity index (χ0v) is 10.0. The number of hydrogen-bond acceptors (Lipinski definition) is 4. The summed E-state index contributed by atoms with van der Waals surface area (Å²) in [6, 6.07) is 7.98. The van der Waals surface area contributed by atoms with E-state index in [1.807, 2.05) is 13.1 Å². The minimum Gasteiger partial charge on any atom is -0.397 e. The van der Waals surface area contributed by atoms with Gasteiger partial charge in [0.05, 0.1) is 23.0 Å². The van der Waals surface area contributed by atoms with Gasteiger partial charge in [-0.3, -0.25) is 0 Å². The first-order valence-corrected chi connectivity index (χ1v) is 5.82. The summed E-state index contributed by atoms with van der Waals surface area (Å²) in [6.07, 6.45) is 2.01. The van der Waals surface area contributed by atoms with E-state index in [0.29, 0.717) is 11.6 Å². The van der Waals surface area contributed by atoms with Crippen molar-refractivity contribution in [1.82, 2.24) is 0 Å². The van der Waals surface area contributed by atoms with E-state index in [4.69, 9.17) is 15.7 Å². The van der Waals surface area contributed by atoms with Gasteiger partial charge in [-0.15, -0.1) is 0 Å². The number of nitrogen functional groups attached to an aromatic ring is 1. The first kappa shape index (κ1) is 11.7. The van der Waals surface area contributed by atoms with Crippen molar-refractivity contribution >= 4 is 11.4 Å². The van der Waals surface area contributed by atoms with E-state index in [1.165, 1.54) is 0 Å². The highest BCUT2D eigenvalue weighted by atomic mass is 16.5. The summed E-state index contributed by atoms with van der Waals surface area (Å²) < 4.78 is 5.35. The van der Waals surface area contributed by atoms with Crippen LogP contribution in [-0.4, -0.2) is 26.3 Å². The molecular formula is C13H17N3O. The van der Waals surface area contributed by atoms with Crippen LogP contribution in [0.4, 0.5) is 11.4 Å². The minimum atomic E-state index is 0.444. The Kier molecular flexibility index (Phi) is 3.50. The van der Waals surface area contributed by atoms with Crippen LogP contribution < -0.4 is 10.6 Å². The van der Waals surface area contributed by atoms with Crippen LogP contribution in [0, 0.1) is 11.3 Å². The third-order valence-corrected chi connectivity index (χ3v) is 3.28. The Morgan fingerprint density at radius 1 is 1.41 bits per heavy atom. The van der Waals surface area contributed by atoms with Crippen LogP contribution in [0.3, 0.4) is 0 Å². The maximum Gasteiger partial charge on any atom is 0.0992 e. The molecule has 0 saturated carbocycles. The smallest absolute Gasteiger partial charge is 0.0992 e. The van der Waals surface area contributed by atoms with Crippen molar-refractivity contribution in [3.8, 4) is 6.07 Å². The average molecular weight is 231 g/mol. The molecule has 1 aromatic rings. The molecule has 0 radical (unpaired) electrons. The molecule has 4 nitrogen and oxygen atoms in total. The third kappa shape index (κ3) is 2.51. The van der Waals surface area contributed by atoms with Gasteiger partial charge in [-0.25, -0.2) is 0 Å². The molecule has 4 heteroatoms. The molecule has 1 aliphatic heterocycles. The van der Waals surface area contributed by atoms with E-state index in [-0.39, 0.29) is 0 Å². The Morgan fingerprint density at radius 3 is 2.76 bits per heavy atom. The molecule has 0 bridgehead atoms. The van der Waals surface area contributed by atoms with Crippen LogP contribution in [0.1, 0.15) is 18.4 Å². The topological polar surface area (TPSA) is 62.3 Å². The van der Waals surface area contributed by atoms with Crippen molar-refractivity contribution < 1.29 is 4.74 Å². The molecule has 90 valence electrons. The molecule has 0 amide bonds. The molecule has 0 unspecified atom stereocenters. The normalized spacial score (nSPS) is 16.5. The van der Waals surface area contributed by atoms with Gasteiger partial charge in [0.15, 0.2) is 0 Å². The monoisotopic (exact) mass is 231 g/mol. The van der Waals surface area contributed by atoms with E-state index in [0.717, 1.165) is 37.4 Å². The third-order valence-electron chi connectivity index (χ3n) is 3.28. The maximum absolute atomic E-state index is 8.92. The Bertz CT molecular complexity index is 433. The SMILES string of the molecule is CN(c1cc(C#N)ccc1N)C1CCOCC1. The maximum atomic E-state index is 8.92. The van der Waals surface area contributed by atoms with Crippen LogP contribution in [0.2, 0.25) is 0 Å². The van der Waals surface area contributed by atoms with Crippen molar-refractivity contribution in [3.05, 3.63) is 23.8 Å². The van der Waals surface area contributed by atoms with Crippen molar-refractivity contribution in [2.45, 2.75) is 18.9 Å². The fourth-order valence-electron chi connectivity index (χ4n) is 2.19. The molecular weight excluding hydrogens is 214 g/mol. The van der Waals surface area contributed by atoms with Crippen molar-refractivity contribution in [2.75, 3.05) is 30.9 Å². The molecule has 2 N–H and O–H groups in total. The van der Waals surface area contributed by atoms with Gasteiger partial charge in [0.1, 0.15) is 0 Å². The second kappa shape index (κ2) is 5.07. The van der Waals surface area contributed by atoms with Crippen LogP contribution in [0.25, 0.3) is 0 Å². The summed E-state index contributed by atoms with van der Waals surface area (Å²) in [7, 11) is 2.03. The van der Waals surface area contributed by atoms with Gasteiger partial charge in [-0.1, -0.05) is 0 Å². The second-order valence-corrected chi connectivity index (χ2v) is 4.34. The number of nitrogens with zero attached hydrogens (tertiary/aromatic N) is 2. The predicted octanol–water partition coefficient (Wildman–Crippen LogP) is 1.76. The number of nitriles is 1. The summed E-state index contributed by atoms with van der Waals surface area (Å²) in [5.41, 5.74) is 8.28. The van der Waals surface area contributed by atoms with Gasteiger partial charge in [-0.2, -0.15) is 5.26 Å². The lowest BCUT2D eigenvalue weighted by atomic mass is 10.1. The quantitative estimate of drug-likeness (QED) is 0.788. The first-order valence-electron chi connectivity index (χ1n) is 5.82. The van der Waals surface area contributed by atoms with Crippen molar-refractivity contribution in [2.24, 2.45) is 0 Å². The molecule has 1 heterocycles. The lowest BCUT2D eigenvalue weighted by Crippen LogP contribution is -2.37. The molecule has 1 saturated heterocycles. The fraction of sp³-hybridized carbons (Fsp3) is 0.462. The minimum absolute atomic E-state index is 0.444. The highest BCUT2D eigenvalue weighted by Crippen LogP contribution is 2.27. The number of hydrogen-bond donors (Lipinski definition) is 1. The van der Waals surface area contributed by atoms with E-state index < -0.39 is 0 Å². The average Bonchev–Trinajstić information content (AvgIpc) is 2.39. The summed E-state index contributed by atoms with van der Waals surface area (Å²) >= 11 is 0. The zero-order chi connectivity index (χ0) is 12.3. The van der Waals surface area contributed by atoms with Crippen molar-refractivity contribution in [1.29, 1.82) is 5.26 Å². The largest absolute Gasteiger partial charge is 0.397 e. The van der Waals surface area contributed by atoms with Crippen LogP contribution in [-0.2, 0) is 4.74 Å². The first-order chi connectivity index (χ1) is 8.22. The molecule has 1 aromatic carbocycles. The van der Waals surface area contributed by atoms with Crippen LogP contribution >= 0.6 is 0 Å². The number of rotatable bonds is 2. The molecule has 17 heavy (non-hydrogen) atoms. The Balaban J connectivity index is 2.23. The molecule has 1 aliphatic rings. The summed E-state index contributed by atoms with van der Waals surface area (Å²) in [6.45, 7) is 1.60. The van der Waals surface area contributed by atoms with Crippen LogP contribution in [0.15, 0.2) is 18.2 Å². The Hall–Kier alpha value is -1.73. The second-order valence-electron chi connectivity index (χ2n) is 4.34. The lowest BCUT2D eigenvalue weighted by molar-refractivity contribution is 0.0855. The molecule has 0 spiro atoms. The molecule has 0 aliphatic carbocycles. The van der Waals surface area contributed by atoms with Gasteiger partial charge in [0.2, 0.25) is 0 Å². The predicted molar refractivity (Wildman–Crippen MR) is 67.8 cm³/mol. The van der Waals surface area contributed by atoms with Gasteiger partial charge in [0.25, 0.3) is 0 Å². The van der Waals surface area contributed by atoms with E-state index in [1.54, 1.807) is 12.1 Å². The van der Waals surface area contributed by atoms with Gasteiger partial charge < -0.3 is 15.4 Å². The number of nitrogens with two attached hydrogens (primary N) is 1. The number of benzene rings is 1. The lowest BCUT2D eigenvalue weighted by Gasteiger charge is -2.33. The fourth-order valence-corrected chi connectivity index (χ4v) is 2.19. The molecule has 1 fully saturated rings. The molecule has 2 rings (SSSR count). The summed E-state index contributed by atoms with van der Waals surface area (Å²) in [5.74, 6) is 0. The number of anilines is 2. The summed E-state index contributed by atoms with van der Waals surface area (Å²) in [5, 5.41) is 8.92. The van der Waals surface area contributed by atoms with Crippen molar-refractivity contribution in [3.63, 3.8) is 0 Å². The number of ether oxygens (including phenoxy) is 1. The highest BCUT2D eigenvalue weighted by molar-refractivity contribution is 5.69. The van der Waals surface area contributed by atoms with Crippen LogP contribution in [0.5, 0.6) is 0 Å². The van der Waals surface area contributed by atoms with Gasteiger partial charge in [0, 0.05) is 26.3 Å². The van der Waals surface area contributed by atoms with Gasteiger partial charge in [-0.05, 0) is 31.0 Å². The van der Waals surface area contributed by atoms with E-state index in [2.05, 4.69) is 11.0 Å². The Labute approximate surface area is 102 Å².